The van der Waals surface area contributed by atoms with Gasteiger partial charge in [0.05, 0.1) is 5.01 Å². The van der Waals surface area contributed by atoms with Crippen molar-refractivity contribution in [1.82, 2.24) is 15.6 Å². The normalized spacial score (nSPS) is 13.6. The summed E-state index contributed by atoms with van der Waals surface area (Å²) in [7, 11) is 1.77. The van der Waals surface area contributed by atoms with Crippen molar-refractivity contribution in [1.29, 1.82) is 0 Å². The van der Waals surface area contributed by atoms with E-state index in [1.165, 1.54) is 28.8 Å². The molecule has 2 aromatic rings. The van der Waals surface area contributed by atoms with Gasteiger partial charge < -0.3 is 15.7 Å². The van der Waals surface area contributed by atoms with E-state index in [0.717, 1.165) is 48.8 Å². The molecule has 0 unspecified atom stereocenters. The number of phenols is 1. The van der Waals surface area contributed by atoms with Crippen LogP contribution in [0.25, 0.3) is 0 Å². The molecule has 1 aromatic heterocycles. The summed E-state index contributed by atoms with van der Waals surface area (Å²) in [6, 6.07) is 3.89. The minimum absolute atomic E-state index is 0. The summed E-state index contributed by atoms with van der Waals surface area (Å²) in [4.78, 5) is 10.1. The van der Waals surface area contributed by atoms with Crippen molar-refractivity contribution in [3.05, 3.63) is 44.9 Å². The lowest BCUT2D eigenvalue weighted by molar-refractivity contribution is 0.464. The number of nitrogens with zero attached hydrogens (tertiary/aromatic N) is 2. The average Bonchev–Trinajstić information content (AvgIpc) is 3.13. The van der Waals surface area contributed by atoms with Crippen LogP contribution in [-0.4, -0.2) is 29.6 Å². The van der Waals surface area contributed by atoms with Gasteiger partial charge in [-0.05, 0) is 49.3 Å². The van der Waals surface area contributed by atoms with E-state index >= 15 is 0 Å². The van der Waals surface area contributed by atoms with Crippen LogP contribution in [0.3, 0.4) is 0 Å². The molecule has 1 aliphatic rings. The third kappa shape index (κ3) is 5.81. The molecule has 3 rings (SSSR count). The maximum atomic E-state index is 10.3. The first kappa shape index (κ1) is 21.9. The van der Waals surface area contributed by atoms with Gasteiger partial charge in [-0.15, -0.1) is 35.3 Å². The summed E-state index contributed by atoms with van der Waals surface area (Å²) in [5, 5.41) is 18.1. The molecule has 0 bridgehead atoms. The number of benzene rings is 1. The third-order valence-corrected chi connectivity index (χ3v) is 6.07. The van der Waals surface area contributed by atoms with Gasteiger partial charge in [0.25, 0.3) is 0 Å². The highest BCUT2D eigenvalue weighted by Gasteiger charge is 2.16. The number of halogens is 1. The first-order chi connectivity index (χ1) is 12.7. The summed E-state index contributed by atoms with van der Waals surface area (Å²) in [6.07, 6.45) is 8.50. The lowest BCUT2D eigenvalue weighted by Gasteiger charge is -2.21. The standard InChI is InChI=1S/C20H28N4OS.HI/c1-3-15-12-23-19(26-15)10-11-22-20(21-2)24-13-17-16-7-5-4-6-14(16)8-9-18(17)25;/h8-9,12,25H,3-7,10-11,13H2,1-2H3,(H2,21,22,24);1H. The Balaban J connectivity index is 0.00000261. The highest BCUT2D eigenvalue weighted by atomic mass is 127. The second-order valence-electron chi connectivity index (χ2n) is 6.58. The Kier molecular flexibility index (Phi) is 8.82. The van der Waals surface area contributed by atoms with E-state index in [4.69, 9.17) is 0 Å². The van der Waals surface area contributed by atoms with Crippen LogP contribution in [-0.2, 0) is 32.2 Å². The van der Waals surface area contributed by atoms with Crippen LogP contribution in [0.5, 0.6) is 5.75 Å². The molecule has 1 heterocycles. The van der Waals surface area contributed by atoms with Crippen molar-refractivity contribution in [2.45, 2.75) is 52.0 Å². The van der Waals surface area contributed by atoms with Crippen LogP contribution in [0.1, 0.15) is 46.3 Å². The maximum absolute atomic E-state index is 10.3. The number of aromatic nitrogens is 1. The molecule has 0 amide bonds. The van der Waals surface area contributed by atoms with E-state index in [2.05, 4.69) is 33.6 Å². The Morgan fingerprint density at radius 3 is 2.81 bits per heavy atom. The lowest BCUT2D eigenvalue weighted by atomic mass is 9.88. The van der Waals surface area contributed by atoms with E-state index in [-0.39, 0.29) is 24.0 Å². The molecule has 1 aliphatic carbocycles. The SMILES string of the molecule is CCc1cnc(CCNC(=NC)NCc2c(O)ccc3c2CCCC3)s1.I. The Hall–Kier alpha value is -1.35. The van der Waals surface area contributed by atoms with Gasteiger partial charge in [0.1, 0.15) is 5.75 Å². The van der Waals surface area contributed by atoms with Crippen LogP contribution in [0.4, 0.5) is 0 Å². The molecule has 27 heavy (non-hydrogen) atoms. The molecule has 0 saturated heterocycles. The Morgan fingerprint density at radius 2 is 2.07 bits per heavy atom. The van der Waals surface area contributed by atoms with Crippen molar-refractivity contribution < 1.29 is 5.11 Å². The number of fused-ring (bicyclic) bond motifs is 1. The number of phenolic OH excluding ortho intramolecular Hbond substituents is 1. The average molecular weight is 500 g/mol. The van der Waals surface area contributed by atoms with Crippen molar-refractivity contribution in [2.75, 3.05) is 13.6 Å². The second kappa shape index (κ2) is 10.8. The summed E-state index contributed by atoms with van der Waals surface area (Å²) in [5.41, 5.74) is 3.70. The lowest BCUT2D eigenvalue weighted by Crippen LogP contribution is -2.38. The number of guanidine groups is 1. The number of nitrogens with one attached hydrogen (secondary N) is 2. The largest absolute Gasteiger partial charge is 0.508 e. The molecule has 0 fully saturated rings. The first-order valence-corrected chi connectivity index (χ1v) is 10.2. The molecule has 7 heteroatoms. The molecule has 0 radical (unpaired) electrons. The quantitative estimate of drug-likeness (QED) is 0.321. The van der Waals surface area contributed by atoms with Crippen molar-refractivity contribution in [3.8, 4) is 5.75 Å². The minimum atomic E-state index is 0. The summed E-state index contributed by atoms with van der Waals surface area (Å²) in [6.45, 7) is 3.53. The molecule has 0 aliphatic heterocycles. The van der Waals surface area contributed by atoms with Crippen molar-refractivity contribution in [3.63, 3.8) is 0 Å². The molecule has 5 nitrogen and oxygen atoms in total. The van der Waals surface area contributed by atoms with Gasteiger partial charge in [-0.2, -0.15) is 0 Å². The Bertz CT molecular complexity index is 775. The number of aryl methyl sites for hydroxylation is 2. The number of hydrogen-bond donors (Lipinski definition) is 3. The number of thiazole rings is 1. The van der Waals surface area contributed by atoms with Crippen LogP contribution >= 0.6 is 35.3 Å². The van der Waals surface area contributed by atoms with Gasteiger partial charge >= 0.3 is 0 Å². The van der Waals surface area contributed by atoms with E-state index in [9.17, 15) is 5.11 Å². The van der Waals surface area contributed by atoms with Gasteiger partial charge in [0, 0.05) is 43.2 Å². The number of aliphatic imine (C=N–C) groups is 1. The monoisotopic (exact) mass is 500 g/mol. The molecule has 0 atom stereocenters. The Labute approximate surface area is 182 Å². The number of rotatable bonds is 6. The second-order valence-corrected chi connectivity index (χ2v) is 7.78. The zero-order chi connectivity index (χ0) is 18.4. The van der Waals surface area contributed by atoms with Crippen LogP contribution in [0.2, 0.25) is 0 Å². The van der Waals surface area contributed by atoms with Gasteiger partial charge in [-0.1, -0.05) is 13.0 Å². The zero-order valence-corrected chi connectivity index (χ0v) is 19.2. The number of aromatic hydroxyl groups is 1. The van der Waals surface area contributed by atoms with E-state index in [0.29, 0.717) is 12.3 Å². The van der Waals surface area contributed by atoms with Gasteiger partial charge in [-0.3, -0.25) is 4.99 Å². The summed E-state index contributed by atoms with van der Waals surface area (Å²) < 4.78 is 0. The summed E-state index contributed by atoms with van der Waals surface area (Å²) in [5.74, 6) is 1.13. The van der Waals surface area contributed by atoms with Crippen LogP contribution in [0.15, 0.2) is 23.3 Å². The molecular weight excluding hydrogens is 471 g/mol. The third-order valence-electron chi connectivity index (χ3n) is 4.86. The van der Waals surface area contributed by atoms with Gasteiger partial charge in [0.2, 0.25) is 0 Å². The highest BCUT2D eigenvalue weighted by Crippen LogP contribution is 2.30. The number of hydrogen-bond acceptors (Lipinski definition) is 4. The molecule has 0 spiro atoms. The molecule has 148 valence electrons. The fraction of sp³-hybridized carbons (Fsp3) is 0.500. The fourth-order valence-corrected chi connectivity index (χ4v) is 4.26. The molecule has 3 N–H and O–H groups in total. The van der Waals surface area contributed by atoms with Crippen molar-refractivity contribution in [2.24, 2.45) is 4.99 Å². The smallest absolute Gasteiger partial charge is 0.191 e. The fourth-order valence-electron chi connectivity index (χ4n) is 3.40. The first-order valence-electron chi connectivity index (χ1n) is 9.42. The van der Waals surface area contributed by atoms with Gasteiger partial charge in [-0.25, -0.2) is 4.98 Å². The van der Waals surface area contributed by atoms with E-state index < -0.39 is 0 Å². The van der Waals surface area contributed by atoms with Crippen molar-refractivity contribution >= 4 is 41.3 Å². The topological polar surface area (TPSA) is 69.5 Å². The molecular formula is C20H29IN4OS. The minimum Gasteiger partial charge on any atom is -0.508 e. The predicted octanol–water partition coefficient (Wildman–Crippen LogP) is 3.82. The molecule has 0 saturated carbocycles. The Morgan fingerprint density at radius 1 is 1.26 bits per heavy atom. The summed E-state index contributed by atoms with van der Waals surface area (Å²) >= 11 is 1.78. The van der Waals surface area contributed by atoms with E-state index in [1.807, 2.05) is 12.3 Å². The van der Waals surface area contributed by atoms with Gasteiger partial charge in [0.15, 0.2) is 5.96 Å². The molecule has 1 aromatic carbocycles. The zero-order valence-electron chi connectivity index (χ0n) is 16.0. The van der Waals surface area contributed by atoms with Crippen LogP contribution in [0, 0.1) is 0 Å². The predicted molar refractivity (Wildman–Crippen MR) is 124 cm³/mol. The van der Waals surface area contributed by atoms with E-state index in [1.54, 1.807) is 18.4 Å². The highest BCUT2D eigenvalue weighted by molar-refractivity contribution is 14.0. The van der Waals surface area contributed by atoms with Crippen LogP contribution < -0.4 is 10.6 Å². The maximum Gasteiger partial charge on any atom is 0.191 e.